The zero-order chi connectivity index (χ0) is 18.4. The molecular weight excluding hydrogens is 338 g/mol. The molecule has 0 aromatic heterocycles. The molecule has 2 N–H and O–H groups in total. The molecule has 1 saturated carbocycles. The second kappa shape index (κ2) is 8.56. The lowest BCUT2D eigenvalue weighted by Crippen LogP contribution is -2.46. The molecule has 1 fully saturated rings. The van der Waals surface area contributed by atoms with Gasteiger partial charge >= 0.3 is 6.03 Å². The Hall–Kier alpha value is -1.76. The fourth-order valence-corrected chi connectivity index (χ4v) is 4.29. The number of rotatable bonds is 6. The quantitative estimate of drug-likeness (QED) is 0.811. The van der Waals surface area contributed by atoms with Gasteiger partial charge in [0.25, 0.3) is 0 Å². The number of hydrogen-bond donors (Lipinski definition) is 2. The fraction of sp³-hybridized carbons (Fsp3) is 0.611. The van der Waals surface area contributed by atoms with Crippen LogP contribution < -0.4 is 14.9 Å². The molecule has 0 saturated heterocycles. The third-order valence-electron chi connectivity index (χ3n) is 4.56. The minimum Gasteiger partial charge on any atom is -0.336 e. The van der Waals surface area contributed by atoms with Crippen LogP contribution in [0.4, 0.5) is 10.5 Å². The summed E-state index contributed by atoms with van der Waals surface area (Å²) in [7, 11) is -3.42. The van der Waals surface area contributed by atoms with Gasteiger partial charge in [-0.05, 0) is 38.3 Å². The fourth-order valence-electron chi connectivity index (χ4n) is 3.30. The van der Waals surface area contributed by atoms with Crippen LogP contribution in [0.1, 0.15) is 43.2 Å². The maximum atomic E-state index is 12.2. The Morgan fingerprint density at radius 3 is 2.48 bits per heavy atom. The SMILES string of the molecule is Cc1ccc(N(CCNC(=O)NC2CCCCC2)S(C)(=O)=O)c(C)c1. The third-order valence-corrected chi connectivity index (χ3v) is 5.74. The van der Waals surface area contributed by atoms with Crippen LogP contribution in [0.15, 0.2) is 18.2 Å². The summed E-state index contributed by atoms with van der Waals surface area (Å²) in [5, 5.41) is 5.75. The van der Waals surface area contributed by atoms with E-state index in [-0.39, 0.29) is 25.2 Å². The van der Waals surface area contributed by atoms with Gasteiger partial charge in [0.2, 0.25) is 10.0 Å². The topological polar surface area (TPSA) is 78.5 Å². The van der Waals surface area contributed by atoms with Crippen LogP contribution in [-0.4, -0.2) is 39.8 Å². The number of anilines is 1. The Bertz CT molecular complexity index is 698. The van der Waals surface area contributed by atoms with Crippen molar-refractivity contribution in [2.45, 2.75) is 52.0 Å². The first-order chi connectivity index (χ1) is 11.8. The minimum absolute atomic E-state index is 0.209. The normalized spacial score (nSPS) is 15.6. The molecule has 0 spiro atoms. The Labute approximate surface area is 151 Å². The molecule has 1 aliphatic carbocycles. The molecule has 1 aliphatic rings. The van der Waals surface area contributed by atoms with E-state index in [2.05, 4.69) is 10.6 Å². The highest BCUT2D eigenvalue weighted by atomic mass is 32.2. The van der Waals surface area contributed by atoms with Gasteiger partial charge in [-0.1, -0.05) is 37.0 Å². The van der Waals surface area contributed by atoms with E-state index >= 15 is 0 Å². The first-order valence-corrected chi connectivity index (χ1v) is 10.7. The summed E-state index contributed by atoms with van der Waals surface area (Å²) in [6.07, 6.45) is 6.77. The van der Waals surface area contributed by atoms with E-state index in [4.69, 9.17) is 0 Å². The Kier molecular flexibility index (Phi) is 6.70. The molecule has 0 heterocycles. The van der Waals surface area contributed by atoms with E-state index in [0.29, 0.717) is 5.69 Å². The summed E-state index contributed by atoms with van der Waals surface area (Å²) < 4.78 is 25.7. The molecule has 140 valence electrons. The lowest BCUT2D eigenvalue weighted by atomic mass is 9.96. The molecule has 0 radical (unpaired) electrons. The van der Waals surface area contributed by atoms with Crippen molar-refractivity contribution in [1.29, 1.82) is 0 Å². The number of carbonyl (C=O) groups is 1. The minimum atomic E-state index is -3.42. The van der Waals surface area contributed by atoms with Crippen LogP contribution in [0.3, 0.4) is 0 Å². The number of benzene rings is 1. The summed E-state index contributed by atoms with van der Waals surface area (Å²) in [6.45, 7) is 4.34. The van der Waals surface area contributed by atoms with E-state index in [1.807, 2.05) is 32.0 Å². The maximum absolute atomic E-state index is 12.2. The number of sulfonamides is 1. The van der Waals surface area contributed by atoms with Crippen LogP contribution in [0, 0.1) is 13.8 Å². The van der Waals surface area contributed by atoms with E-state index < -0.39 is 10.0 Å². The second-order valence-corrected chi connectivity index (χ2v) is 8.77. The zero-order valence-corrected chi connectivity index (χ0v) is 16.2. The summed E-state index contributed by atoms with van der Waals surface area (Å²) in [5.41, 5.74) is 2.64. The van der Waals surface area contributed by atoms with Crippen molar-refractivity contribution in [3.8, 4) is 0 Å². The van der Waals surface area contributed by atoms with Crippen LogP contribution in [0.2, 0.25) is 0 Å². The van der Waals surface area contributed by atoms with Crippen LogP contribution in [0.5, 0.6) is 0 Å². The summed E-state index contributed by atoms with van der Waals surface area (Å²) in [5.74, 6) is 0. The van der Waals surface area contributed by atoms with E-state index in [1.54, 1.807) is 0 Å². The number of nitrogens with one attached hydrogen (secondary N) is 2. The molecule has 2 amide bonds. The second-order valence-electron chi connectivity index (χ2n) is 6.86. The summed E-state index contributed by atoms with van der Waals surface area (Å²) in [6, 6.07) is 5.67. The summed E-state index contributed by atoms with van der Waals surface area (Å²) >= 11 is 0. The zero-order valence-electron chi connectivity index (χ0n) is 15.3. The molecule has 1 aromatic rings. The third kappa shape index (κ3) is 5.92. The maximum Gasteiger partial charge on any atom is 0.315 e. The molecule has 2 rings (SSSR count). The number of urea groups is 1. The number of amides is 2. The number of hydrogen-bond acceptors (Lipinski definition) is 3. The van der Waals surface area contributed by atoms with E-state index in [1.165, 1.54) is 17.0 Å². The molecular formula is C18H29N3O3S. The molecule has 0 atom stereocenters. The van der Waals surface area contributed by atoms with Gasteiger partial charge in [-0.2, -0.15) is 0 Å². The van der Waals surface area contributed by atoms with Crippen molar-refractivity contribution in [3.05, 3.63) is 29.3 Å². The first kappa shape index (κ1) is 19.6. The lowest BCUT2D eigenvalue weighted by Gasteiger charge is -2.25. The van der Waals surface area contributed by atoms with Gasteiger partial charge in [-0.25, -0.2) is 13.2 Å². The standard InChI is InChI=1S/C18H29N3O3S/c1-14-9-10-17(15(2)13-14)21(25(3,23)24)12-11-19-18(22)20-16-7-5-4-6-8-16/h9-10,13,16H,4-8,11-12H2,1-3H3,(H2,19,20,22). The van der Waals surface area contributed by atoms with E-state index in [0.717, 1.165) is 36.8 Å². The molecule has 0 bridgehead atoms. The number of nitrogens with zero attached hydrogens (tertiary/aromatic N) is 1. The van der Waals surface area contributed by atoms with Crippen LogP contribution >= 0.6 is 0 Å². The predicted octanol–water partition coefficient (Wildman–Crippen LogP) is 2.70. The van der Waals surface area contributed by atoms with Crippen molar-refractivity contribution in [2.75, 3.05) is 23.7 Å². The Morgan fingerprint density at radius 1 is 1.20 bits per heavy atom. The van der Waals surface area contributed by atoms with Crippen molar-refractivity contribution < 1.29 is 13.2 Å². The van der Waals surface area contributed by atoms with Crippen LogP contribution in [0.25, 0.3) is 0 Å². The highest BCUT2D eigenvalue weighted by molar-refractivity contribution is 7.92. The lowest BCUT2D eigenvalue weighted by molar-refractivity contribution is 0.233. The first-order valence-electron chi connectivity index (χ1n) is 8.86. The molecule has 25 heavy (non-hydrogen) atoms. The van der Waals surface area contributed by atoms with Gasteiger partial charge in [0, 0.05) is 12.6 Å². The molecule has 0 aliphatic heterocycles. The number of aryl methyl sites for hydroxylation is 2. The van der Waals surface area contributed by atoms with Gasteiger partial charge in [0.05, 0.1) is 18.5 Å². The van der Waals surface area contributed by atoms with Crippen molar-refractivity contribution in [2.24, 2.45) is 0 Å². The van der Waals surface area contributed by atoms with Crippen LogP contribution in [-0.2, 0) is 10.0 Å². The van der Waals surface area contributed by atoms with E-state index in [9.17, 15) is 13.2 Å². The Morgan fingerprint density at radius 2 is 1.88 bits per heavy atom. The molecule has 0 unspecified atom stereocenters. The highest BCUT2D eigenvalue weighted by Crippen LogP contribution is 2.23. The molecule has 1 aromatic carbocycles. The Balaban J connectivity index is 1.93. The summed E-state index contributed by atoms with van der Waals surface area (Å²) in [4.78, 5) is 12.0. The van der Waals surface area contributed by atoms with Gasteiger partial charge < -0.3 is 10.6 Å². The van der Waals surface area contributed by atoms with Crippen molar-refractivity contribution in [1.82, 2.24) is 10.6 Å². The van der Waals surface area contributed by atoms with Crippen molar-refractivity contribution >= 4 is 21.7 Å². The van der Waals surface area contributed by atoms with Gasteiger partial charge in [-0.3, -0.25) is 4.31 Å². The average Bonchev–Trinajstić information content (AvgIpc) is 2.52. The van der Waals surface area contributed by atoms with Crippen molar-refractivity contribution in [3.63, 3.8) is 0 Å². The smallest absolute Gasteiger partial charge is 0.315 e. The van der Waals surface area contributed by atoms with Gasteiger partial charge in [0.1, 0.15) is 0 Å². The number of carbonyl (C=O) groups excluding carboxylic acids is 1. The predicted molar refractivity (Wildman–Crippen MR) is 102 cm³/mol. The highest BCUT2D eigenvalue weighted by Gasteiger charge is 2.20. The van der Waals surface area contributed by atoms with Gasteiger partial charge in [-0.15, -0.1) is 0 Å². The van der Waals surface area contributed by atoms with Gasteiger partial charge in [0.15, 0.2) is 0 Å². The average molecular weight is 368 g/mol. The molecule has 6 nitrogen and oxygen atoms in total. The monoisotopic (exact) mass is 367 g/mol. The largest absolute Gasteiger partial charge is 0.336 e. The molecule has 7 heteroatoms.